The first-order valence-electron chi connectivity index (χ1n) is 10.5. The first kappa shape index (κ1) is 21.8. The van der Waals surface area contributed by atoms with Gasteiger partial charge in [0.2, 0.25) is 0 Å². The lowest BCUT2D eigenvalue weighted by Crippen LogP contribution is -2.45. The minimum absolute atomic E-state index is 0.0762. The molecule has 5 nitrogen and oxygen atoms in total. The number of thiazole rings is 1. The van der Waals surface area contributed by atoms with E-state index in [1.807, 2.05) is 37.3 Å². The summed E-state index contributed by atoms with van der Waals surface area (Å²) in [6.45, 7) is 9.76. The molecule has 1 aromatic heterocycles. The summed E-state index contributed by atoms with van der Waals surface area (Å²) in [6.07, 6.45) is 2.28. The summed E-state index contributed by atoms with van der Waals surface area (Å²) in [4.78, 5) is 20.0. The van der Waals surface area contributed by atoms with Gasteiger partial charge in [-0.25, -0.2) is 4.98 Å². The van der Waals surface area contributed by atoms with Crippen molar-refractivity contribution >= 4 is 17.3 Å². The van der Waals surface area contributed by atoms with Crippen LogP contribution in [0.5, 0.6) is 5.75 Å². The van der Waals surface area contributed by atoms with Crippen molar-refractivity contribution in [2.75, 3.05) is 26.3 Å². The Morgan fingerprint density at radius 1 is 1.24 bits per heavy atom. The molecule has 1 aliphatic rings. The van der Waals surface area contributed by atoms with E-state index in [1.54, 1.807) is 11.3 Å². The van der Waals surface area contributed by atoms with E-state index in [1.165, 1.54) is 5.69 Å². The number of carbonyl (C=O) groups is 1. The quantitative estimate of drug-likeness (QED) is 0.545. The average molecular weight is 417 g/mol. The topological polar surface area (TPSA) is 51.7 Å². The molecule has 0 radical (unpaired) electrons. The van der Waals surface area contributed by atoms with Crippen molar-refractivity contribution in [3.63, 3.8) is 0 Å². The van der Waals surface area contributed by atoms with Crippen LogP contribution in [0.3, 0.4) is 0 Å². The van der Waals surface area contributed by atoms with Crippen molar-refractivity contribution < 1.29 is 14.3 Å². The Hall–Kier alpha value is -1.92. The molecule has 29 heavy (non-hydrogen) atoms. The number of hydrogen-bond acceptors (Lipinski definition) is 6. The molecule has 3 rings (SSSR count). The van der Waals surface area contributed by atoms with E-state index in [-0.39, 0.29) is 5.97 Å². The first-order valence-corrected chi connectivity index (χ1v) is 11.4. The van der Waals surface area contributed by atoms with Crippen LogP contribution in [0.2, 0.25) is 0 Å². The number of piperidine rings is 1. The largest absolute Gasteiger partial charge is 0.494 e. The van der Waals surface area contributed by atoms with Gasteiger partial charge in [-0.15, -0.1) is 11.3 Å². The second-order valence-electron chi connectivity index (χ2n) is 8.01. The molecule has 2 heterocycles. The summed E-state index contributed by atoms with van der Waals surface area (Å²) >= 11 is 1.73. The zero-order chi connectivity index (χ0) is 20.7. The van der Waals surface area contributed by atoms with Crippen molar-refractivity contribution in [1.82, 2.24) is 9.88 Å². The predicted molar refractivity (Wildman–Crippen MR) is 116 cm³/mol. The molecular weight excluding hydrogens is 384 g/mol. The Kier molecular flexibility index (Phi) is 7.67. The molecule has 0 aliphatic carbocycles. The van der Waals surface area contributed by atoms with Crippen LogP contribution in [-0.2, 0) is 16.1 Å². The Morgan fingerprint density at radius 3 is 2.59 bits per heavy atom. The fourth-order valence-electron chi connectivity index (χ4n) is 3.71. The molecule has 0 saturated carbocycles. The molecule has 1 saturated heterocycles. The Bertz CT molecular complexity index is 767. The number of benzene rings is 1. The third-order valence-corrected chi connectivity index (χ3v) is 6.49. The first-order chi connectivity index (χ1) is 14.0. The summed E-state index contributed by atoms with van der Waals surface area (Å²) in [5.41, 5.74) is 0.716. The van der Waals surface area contributed by atoms with Gasteiger partial charge in [0.15, 0.2) is 0 Å². The van der Waals surface area contributed by atoms with E-state index < -0.39 is 5.41 Å². The van der Waals surface area contributed by atoms with Crippen molar-refractivity contribution in [2.24, 2.45) is 5.41 Å². The molecule has 158 valence electrons. The van der Waals surface area contributed by atoms with Crippen LogP contribution in [-0.4, -0.2) is 42.2 Å². The fourth-order valence-corrected chi connectivity index (χ4v) is 4.71. The highest BCUT2D eigenvalue weighted by molar-refractivity contribution is 7.09. The minimum Gasteiger partial charge on any atom is -0.494 e. The van der Waals surface area contributed by atoms with Gasteiger partial charge in [0, 0.05) is 5.38 Å². The van der Waals surface area contributed by atoms with Crippen molar-refractivity contribution in [1.29, 1.82) is 0 Å². The number of likely N-dealkylation sites (tertiary alicyclic amines) is 1. The van der Waals surface area contributed by atoms with Crippen molar-refractivity contribution in [3.05, 3.63) is 46.4 Å². The van der Waals surface area contributed by atoms with Crippen LogP contribution in [0.1, 0.15) is 56.7 Å². The summed E-state index contributed by atoms with van der Waals surface area (Å²) in [6, 6.07) is 9.77. The van der Waals surface area contributed by atoms with Crippen LogP contribution in [0.4, 0.5) is 0 Å². The monoisotopic (exact) mass is 416 g/mol. The van der Waals surface area contributed by atoms with E-state index in [4.69, 9.17) is 14.5 Å². The van der Waals surface area contributed by atoms with Crippen LogP contribution in [0.15, 0.2) is 35.7 Å². The standard InChI is InChI=1S/C23H32N2O3S/c1-4-27-22(26)23(12-15-28-19-8-6-5-7-9-19)10-13-25(14-11-23)16-21-24-20(17-29-21)18(2)3/h5-9,17-18H,4,10-16H2,1-3H3. The third-order valence-electron chi connectivity index (χ3n) is 5.63. The van der Waals surface area contributed by atoms with Gasteiger partial charge in [-0.1, -0.05) is 32.0 Å². The maximum Gasteiger partial charge on any atom is 0.312 e. The molecule has 0 atom stereocenters. The van der Waals surface area contributed by atoms with Gasteiger partial charge in [0.05, 0.1) is 30.9 Å². The number of esters is 1. The maximum absolute atomic E-state index is 12.8. The Labute approximate surface area is 178 Å². The highest BCUT2D eigenvalue weighted by atomic mass is 32.1. The highest BCUT2D eigenvalue weighted by Crippen LogP contribution is 2.37. The molecule has 2 aromatic rings. The average Bonchev–Trinajstić information content (AvgIpc) is 3.19. The van der Waals surface area contributed by atoms with Gasteiger partial charge >= 0.3 is 5.97 Å². The zero-order valence-corrected chi connectivity index (χ0v) is 18.5. The molecule has 6 heteroatoms. The SMILES string of the molecule is CCOC(=O)C1(CCOc2ccccc2)CCN(Cc2nc(C(C)C)cs2)CC1. The van der Waals surface area contributed by atoms with Gasteiger partial charge in [-0.05, 0) is 57.3 Å². The highest BCUT2D eigenvalue weighted by Gasteiger charge is 2.42. The molecule has 0 bridgehead atoms. The zero-order valence-electron chi connectivity index (χ0n) is 17.7. The number of hydrogen-bond donors (Lipinski definition) is 0. The van der Waals surface area contributed by atoms with Gasteiger partial charge in [0.25, 0.3) is 0 Å². The summed E-state index contributed by atoms with van der Waals surface area (Å²) in [5, 5.41) is 3.32. The van der Waals surface area contributed by atoms with E-state index in [0.29, 0.717) is 25.6 Å². The van der Waals surface area contributed by atoms with Crippen LogP contribution in [0, 0.1) is 5.41 Å². The van der Waals surface area contributed by atoms with Gasteiger partial charge in [-0.2, -0.15) is 0 Å². The van der Waals surface area contributed by atoms with E-state index >= 15 is 0 Å². The lowest BCUT2D eigenvalue weighted by Gasteiger charge is -2.39. The van der Waals surface area contributed by atoms with Crippen LogP contribution in [0.25, 0.3) is 0 Å². The molecule has 1 fully saturated rings. The fraction of sp³-hybridized carbons (Fsp3) is 0.565. The number of rotatable bonds is 9. The molecule has 0 unspecified atom stereocenters. The van der Waals surface area contributed by atoms with Crippen LogP contribution < -0.4 is 4.74 Å². The molecule has 1 aliphatic heterocycles. The second kappa shape index (κ2) is 10.2. The lowest BCUT2D eigenvalue weighted by molar-refractivity contribution is -0.159. The number of carbonyl (C=O) groups excluding carboxylic acids is 1. The molecule has 0 amide bonds. The molecular formula is C23H32N2O3S. The number of ether oxygens (including phenoxy) is 2. The third kappa shape index (κ3) is 5.80. The van der Waals surface area contributed by atoms with Gasteiger partial charge in [-0.3, -0.25) is 9.69 Å². The van der Waals surface area contributed by atoms with Gasteiger partial charge < -0.3 is 9.47 Å². The van der Waals surface area contributed by atoms with E-state index in [2.05, 4.69) is 24.1 Å². The maximum atomic E-state index is 12.8. The molecule has 0 N–H and O–H groups in total. The summed E-state index contributed by atoms with van der Waals surface area (Å²) in [7, 11) is 0. The van der Waals surface area contributed by atoms with Crippen molar-refractivity contribution in [3.8, 4) is 5.75 Å². The van der Waals surface area contributed by atoms with Gasteiger partial charge in [0.1, 0.15) is 10.8 Å². The van der Waals surface area contributed by atoms with E-state index in [0.717, 1.165) is 43.2 Å². The lowest BCUT2D eigenvalue weighted by atomic mass is 9.76. The van der Waals surface area contributed by atoms with Crippen LogP contribution >= 0.6 is 11.3 Å². The Balaban J connectivity index is 1.57. The number of aromatic nitrogens is 1. The predicted octanol–water partition coefficient (Wildman–Crippen LogP) is 4.88. The number of nitrogens with zero attached hydrogens (tertiary/aromatic N) is 2. The van der Waals surface area contributed by atoms with Crippen molar-refractivity contribution in [2.45, 2.75) is 52.5 Å². The normalized spacial score (nSPS) is 16.7. The molecule has 0 spiro atoms. The Morgan fingerprint density at radius 2 is 1.97 bits per heavy atom. The van der Waals surface area contributed by atoms with E-state index in [9.17, 15) is 4.79 Å². The summed E-state index contributed by atoms with van der Waals surface area (Å²) < 4.78 is 11.3. The summed E-state index contributed by atoms with van der Waals surface area (Å²) in [5.74, 6) is 1.23. The minimum atomic E-state index is -0.451. The smallest absolute Gasteiger partial charge is 0.312 e. The number of para-hydroxylation sites is 1. The molecule has 1 aromatic carbocycles. The second-order valence-corrected chi connectivity index (χ2v) is 8.95.